The van der Waals surface area contributed by atoms with Gasteiger partial charge in [-0.15, -0.1) is 0 Å². The Balaban J connectivity index is 1.48. The number of imidazole rings is 1. The van der Waals surface area contributed by atoms with Crippen LogP contribution in [0.2, 0.25) is 0 Å². The van der Waals surface area contributed by atoms with Gasteiger partial charge in [-0.2, -0.15) is 0 Å². The molecule has 5 aromatic carbocycles. The molecule has 37 heavy (non-hydrogen) atoms. The van der Waals surface area contributed by atoms with Gasteiger partial charge in [0.25, 0.3) is 0 Å². The Bertz CT molecular complexity index is 1940. The third kappa shape index (κ3) is 3.45. The van der Waals surface area contributed by atoms with Crippen molar-refractivity contribution in [2.45, 2.75) is 13.8 Å². The topological polar surface area (TPSA) is 31.0 Å². The fourth-order valence-corrected chi connectivity index (χ4v) is 5.51. The number of hydrogen-bond donors (Lipinski definition) is 0. The highest BCUT2D eigenvalue weighted by Crippen LogP contribution is 2.38. The highest BCUT2D eigenvalue weighted by molar-refractivity contribution is 6.03. The third-order valence-corrected chi connectivity index (χ3v) is 7.13. The van der Waals surface area contributed by atoms with Crippen LogP contribution < -0.4 is 0 Å². The first kappa shape index (κ1) is 21.6. The van der Waals surface area contributed by atoms with Crippen molar-refractivity contribution >= 4 is 32.8 Å². The summed E-state index contributed by atoms with van der Waals surface area (Å²) in [6.07, 6.45) is 1.76. The molecule has 0 amide bonds. The molecule has 0 saturated carbocycles. The molecular formula is C33H23FN2O. The summed E-state index contributed by atoms with van der Waals surface area (Å²) in [6.45, 7) is 4.33. The van der Waals surface area contributed by atoms with Crippen LogP contribution >= 0.6 is 0 Å². The number of para-hydroxylation sites is 2. The van der Waals surface area contributed by atoms with E-state index in [4.69, 9.17) is 9.40 Å². The summed E-state index contributed by atoms with van der Waals surface area (Å²) in [7, 11) is 0. The third-order valence-electron chi connectivity index (χ3n) is 7.13. The van der Waals surface area contributed by atoms with Gasteiger partial charge in [0, 0.05) is 11.1 Å². The Kier molecular flexibility index (Phi) is 4.76. The Morgan fingerprint density at radius 3 is 2.32 bits per heavy atom. The monoisotopic (exact) mass is 482 g/mol. The first-order chi connectivity index (χ1) is 18.1. The van der Waals surface area contributed by atoms with Crippen LogP contribution in [0.3, 0.4) is 0 Å². The predicted octanol–water partition coefficient (Wildman–Crippen LogP) is 9.01. The van der Waals surface area contributed by atoms with Crippen LogP contribution in [0, 0.1) is 19.7 Å². The Morgan fingerprint density at radius 2 is 1.51 bits per heavy atom. The van der Waals surface area contributed by atoms with Crippen molar-refractivity contribution in [1.82, 2.24) is 9.55 Å². The van der Waals surface area contributed by atoms with Gasteiger partial charge in [-0.3, -0.25) is 4.57 Å². The lowest BCUT2D eigenvalue weighted by Gasteiger charge is -2.16. The van der Waals surface area contributed by atoms with Gasteiger partial charge in [0.1, 0.15) is 23.5 Å². The van der Waals surface area contributed by atoms with Crippen LogP contribution in [-0.4, -0.2) is 9.55 Å². The second kappa shape index (κ2) is 8.17. The van der Waals surface area contributed by atoms with E-state index < -0.39 is 0 Å². The smallest absolute Gasteiger partial charge is 0.149 e. The van der Waals surface area contributed by atoms with E-state index in [1.165, 1.54) is 34.4 Å². The van der Waals surface area contributed by atoms with Gasteiger partial charge in [-0.05, 0) is 95.4 Å². The Hall–Kier alpha value is -4.70. The quantitative estimate of drug-likeness (QED) is 0.252. The van der Waals surface area contributed by atoms with Crippen LogP contribution in [-0.2, 0) is 0 Å². The highest BCUT2D eigenvalue weighted by Gasteiger charge is 2.20. The van der Waals surface area contributed by atoms with Crippen LogP contribution in [0.4, 0.5) is 4.39 Å². The Morgan fingerprint density at radius 1 is 0.757 bits per heavy atom. The van der Waals surface area contributed by atoms with Crippen LogP contribution in [0.5, 0.6) is 0 Å². The van der Waals surface area contributed by atoms with Gasteiger partial charge in [-0.25, -0.2) is 9.37 Å². The molecule has 0 saturated heterocycles. The molecule has 0 atom stereocenters. The highest BCUT2D eigenvalue weighted by atomic mass is 19.1. The zero-order valence-electron chi connectivity index (χ0n) is 20.5. The van der Waals surface area contributed by atoms with Gasteiger partial charge in [0.05, 0.1) is 16.6 Å². The van der Waals surface area contributed by atoms with Gasteiger partial charge in [-0.1, -0.05) is 48.5 Å². The van der Waals surface area contributed by atoms with Crippen molar-refractivity contribution in [3.63, 3.8) is 0 Å². The van der Waals surface area contributed by atoms with E-state index in [1.54, 1.807) is 12.3 Å². The molecule has 2 heterocycles. The maximum atomic E-state index is 13.8. The summed E-state index contributed by atoms with van der Waals surface area (Å²) in [6, 6.07) is 31.9. The molecule has 0 bridgehead atoms. The van der Waals surface area contributed by atoms with Crippen molar-refractivity contribution < 1.29 is 8.81 Å². The first-order valence-electron chi connectivity index (χ1n) is 12.3. The lowest BCUT2D eigenvalue weighted by atomic mass is 9.95. The average Bonchev–Trinajstić information content (AvgIpc) is 3.48. The standard InChI is InChI=1S/C33H23FN2O/c1-20-14-26(15-21(2)32(20)22-8-4-3-5-9-22)36-30-11-7-6-10-29(30)35-33(36)28-19-37-31-18-24-16-25(34)13-12-23(24)17-27(28)31/h3-19H,1-2H3. The molecule has 178 valence electrons. The predicted molar refractivity (Wildman–Crippen MR) is 149 cm³/mol. The minimum Gasteiger partial charge on any atom is -0.464 e. The molecule has 0 radical (unpaired) electrons. The summed E-state index contributed by atoms with van der Waals surface area (Å²) < 4.78 is 22.0. The van der Waals surface area contributed by atoms with Crippen molar-refractivity contribution in [3.8, 4) is 28.2 Å². The second-order valence-corrected chi connectivity index (χ2v) is 9.57. The molecule has 0 spiro atoms. The number of furan rings is 1. The van der Waals surface area contributed by atoms with Crippen molar-refractivity contribution in [2.75, 3.05) is 0 Å². The number of fused-ring (bicyclic) bond motifs is 3. The number of benzene rings is 5. The maximum Gasteiger partial charge on any atom is 0.149 e. The van der Waals surface area contributed by atoms with Gasteiger partial charge >= 0.3 is 0 Å². The fourth-order valence-electron chi connectivity index (χ4n) is 5.51. The van der Waals surface area contributed by atoms with Crippen molar-refractivity contribution in [2.24, 2.45) is 0 Å². The molecule has 3 nitrogen and oxygen atoms in total. The zero-order chi connectivity index (χ0) is 25.1. The number of hydrogen-bond acceptors (Lipinski definition) is 2. The summed E-state index contributed by atoms with van der Waals surface area (Å²) in [5.74, 6) is 0.554. The molecule has 0 aliphatic carbocycles. The summed E-state index contributed by atoms with van der Waals surface area (Å²) in [5, 5.41) is 2.72. The normalized spacial score (nSPS) is 11.6. The van der Waals surface area contributed by atoms with Crippen molar-refractivity contribution in [3.05, 3.63) is 120 Å². The second-order valence-electron chi connectivity index (χ2n) is 9.57. The summed E-state index contributed by atoms with van der Waals surface area (Å²) >= 11 is 0. The average molecular weight is 483 g/mol. The minimum atomic E-state index is -0.259. The zero-order valence-corrected chi connectivity index (χ0v) is 20.5. The van der Waals surface area contributed by atoms with E-state index in [0.29, 0.717) is 5.58 Å². The van der Waals surface area contributed by atoms with E-state index in [-0.39, 0.29) is 5.82 Å². The van der Waals surface area contributed by atoms with Gasteiger partial charge in [0.15, 0.2) is 0 Å². The van der Waals surface area contributed by atoms with Crippen LogP contribution in [0.15, 0.2) is 108 Å². The SMILES string of the molecule is Cc1cc(-n2c(-c3coc4cc5cc(F)ccc5cc34)nc3ccccc32)cc(C)c1-c1ccccc1. The van der Waals surface area contributed by atoms with Crippen LogP contribution in [0.1, 0.15) is 11.1 Å². The van der Waals surface area contributed by atoms with E-state index >= 15 is 0 Å². The van der Waals surface area contributed by atoms with E-state index in [1.807, 2.05) is 30.3 Å². The molecular weight excluding hydrogens is 459 g/mol. The molecule has 0 unspecified atom stereocenters. The molecule has 0 aliphatic heterocycles. The summed E-state index contributed by atoms with van der Waals surface area (Å²) in [4.78, 5) is 5.06. The number of aromatic nitrogens is 2. The molecule has 7 aromatic rings. The largest absolute Gasteiger partial charge is 0.464 e. The van der Waals surface area contributed by atoms with Gasteiger partial charge < -0.3 is 4.42 Å². The summed E-state index contributed by atoms with van der Waals surface area (Å²) in [5.41, 5.74) is 9.48. The van der Waals surface area contributed by atoms with E-state index in [2.05, 4.69) is 66.9 Å². The molecule has 4 heteroatoms. The fraction of sp³-hybridized carbons (Fsp3) is 0.0606. The molecule has 0 N–H and O–H groups in total. The number of aryl methyl sites for hydroxylation is 2. The maximum absolute atomic E-state index is 13.8. The molecule has 2 aromatic heterocycles. The van der Waals surface area contributed by atoms with E-state index in [9.17, 15) is 4.39 Å². The van der Waals surface area contributed by atoms with Crippen LogP contribution in [0.25, 0.3) is 61.0 Å². The van der Waals surface area contributed by atoms with Crippen molar-refractivity contribution in [1.29, 1.82) is 0 Å². The lowest BCUT2D eigenvalue weighted by molar-refractivity contribution is 0.616. The molecule has 0 aliphatic rings. The lowest BCUT2D eigenvalue weighted by Crippen LogP contribution is -2.00. The number of halogens is 1. The minimum absolute atomic E-state index is 0.259. The number of rotatable bonds is 3. The molecule has 7 rings (SSSR count). The molecule has 0 fully saturated rings. The Labute approximate surface area is 213 Å². The number of nitrogens with zero attached hydrogens (tertiary/aromatic N) is 2. The first-order valence-corrected chi connectivity index (χ1v) is 12.3. The van der Waals surface area contributed by atoms with Gasteiger partial charge in [0.2, 0.25) is 0 Å². The van der Waals surface area contributed by atoms with E-state index in [0.717, 1.165) is 44.3 Å².